The molecule has 1 aromatic carbocycles. The number of para-hydroxylation sites is 1. The van der Waals surface area contributed by atoms with Crippen molar-refractivity contribution in [3.63, 3.8) is 0 Å². The standard InChI is InChI=1S/C13H18O2.H3N/c1-13(2,3)10-9-12(14)15-11-7-5-4-6-8-11;/h4-8H,9-10H2,1-3H3;1H3. The number of ether oxygens (including phenoxy) is 1. The van der Waals surface area contributed by atoms with Crippen LogP contribution in [0.15, 0.2) is 30.3 Å². The molecule has 0 spiro atoms. The van der Waals surface area contributed by atoms with E-state index in [0.717, 1.165) is 6.42 Å². The molecule has 0 saturated carbocycles. The first-order valence-electron chi connectivity index (χ1n) is 5.23. The largest absolute Gasteiger partial charge is 0.427 e. The molecule has 3 N–H and O–H groups in total. The van der Waals surface area contributed by atoms with E-state index in [4.69, 9.17) is 4.74 Å². The van der Waals surface area contributed by atoms with E-state index in [-0.39, 0.29) is 17.5 Å². The van der Waals surface area contributed by atoms with Gasteiger partial charge < -0.3 is 10.9 Å². The summed E-state index contributed by atoms with van der Waals surface area (Å²) < 4.78 is 5.17. The zero-order valence-electron chi connectivity index (χ0n) is 10.3. The molecule has 0 fully saturated rings. The zero-order valence-corrected chi connectivity index (χ0v) is 10.3. The average Bonchev–Trinajstić information content (AvgIpc) is 2.15. The van der Waals surface area contributed by atoms with Crippen LogP contribution in [0.5, 0.6) is 5.75 Å². The second kappa shape index (κ2) is 6.28. The van der Waals surface area contributed by atoms with Crippen molar-refractivity contribution < 1.29 is 9.53 Å². The molecule has 0 aliphatic carbocycles. The van der Waals surface area contributed by atoms with Crippen LogP contribution in [-0.4, -0.2) is 5.97 Å². The van der Waals surface area contributed by atoms with Crippen molar-refractivity contribution in [2.24, 2.45) is 5.41 Å². The maximum atomic E-state index is 11.4. The molecule has 0 unspecified atom stereocenters. The van der Waals surface area contributed by atoms with Crippen molar-refractivity contribution in [1.82, 2.24) is 6.15 Å². The van der Waals surface area contributed by atoms with Crippen molar-refractivity contribution in [2.75, 3.05) is 0 Å². The van der Waals surface area contributed by atoms with Crippen molar-refractivity contribution in [3.05, 3.63) is 30.3 Å². The number of hydrogen-bond acceptors (Lipinski definition) is 3. The topological polar surface area (TPSA) is 61.3 Å². The lowest BCUT2D eigenvalue weighted by atomic mass is 9.91. The molecule has 1 aromatic rings. The number of carbonyl (C=O) groups excluding carboxylic acids is 1. The molecule has 0 aromatic heterocycles. The van der Waals surface area contributed by atoms with Crippen LogP contribution in [0.3, 0.4) is 0 Å². The van der Waals surface area contributed by atoms with Gasteiger partial charge in [0.15, 0.2) is 0 Å². The predicted octanol–water partition coefficient (Wildman–Crippen LogP) is 3.58. The number of rotatable bonds is 3. The number of benzene rings is 1. The van der Waals surface area contributed by atoms with E-state index in [1.54, 1.807) is 12.1 Å². The molecule has 0 atom stereocenters. The first kappa shape index (κ1) is 14.6. The van der Waals surface area contributed by atoms with E-state index >= 15 is 0 Å². The number of hydrogen-bond donors (Lipinski definition) is 1. The lowest BCUT2D eigenvalue weighted by Gasteiger charge is -2.16. The Morgan fingerprint density at radius 3 is 2.25 bits per heavy atom. The van der Waals surface area contributed by atoms with Gasteiger partial charge >= 0.3 is 5.97 Å². The highest BCUT2D eigenvalue weighted by atomic mass is 16.5. The Balaban J connectivity index is 0.00000225. The summed E-state index contributed by atoms with van der Waals surface area (Å²) >= 11 is 0. The smallest absolute Gasteiger partial charge is 0.311 e. The van der Waals surface area contributed by atoms with Crippen molar-refractivity contribution in [3.8, 4) is 5.75 Å². The van der Waals surface area contributed by atoms with Gasteiger partial charge in [-0.05, 0) is 24.0 Å². The summed E-state index contributed by atoms with van der Waals surface area (Å²) in [5.41, 5.74) is 0.176. The molecule has 3 nitrogen and oxygen atoms in total. The summed E-state index contributed by atoms with van der Waals surface area (Å²) in [4.78, 5) is 11.4. The van der Waals surface area contributed by atoms with Gasteiger partial charge in [-0.1, -0.05) is 39.0 Å². The quantitative estimate of drug-likeness (QED) is 0.629. The molecule has 90 valence electrons. The second-order valence-electron chi connectivity index (χ2n) is 4.85. The van der Waals surface area contributed by atoms with E-state index < -0.39 is 0 Å². The minimum absolute atomic E-state index is 0. The molecular formula is C13H21NO2. The van der Waals surface area contributed by atoms with Crippen molar-refractivity contribution >= 4 is 5.97 Å². The fourth-order valence-electron chi connectivity index (χ4n) is 1.15. The molecule has 1 rings (SSSR count). The summed E-state index contributed by atoms with van der Waals surface area (Å²) in [5.74, 6) is 0.465. The Kier molecular flexibility index (Phi) is 5.75. The fraction of sp³-hybridized carbons (Fsp3) is 0.462. The SMILES string of the molecule is CC(C)(C)CCC(=O)Oc1ccccc1.N. The fourth-order valence-corrected chi connectivity index (χ4v) is 1.15. The third-order valence-corrected chi connectivity index (χ3v) is 2.05. The highest BCUT2D eigenvalue weighted by Gasteiger charge is 2.13. The summed E-state index contributed by atoms with van der Waals surface area (Å²) in [7, 11) is 0. The van der Waals surface area contributed by atoms with Crippen LogP contribution in [0.2, 0.25) is 0 Å². The van der Waals surface area contributed by atoms with Gasteiger partial charge in [0.05, 0.1) is 0 Å². The molecule has 3 heteroatoms. The first-order valence-corrected chi connectivity index (χ1v) is 5.23. The Bertz CT molecular complexity index is 314. The Labute approximate surface area is 97.4 Å². The molecular weight excluding hydrogens is 202 g/mol. The molecule has 0 saturated heterocycles. The lowest BCUT2D eigenvalue weighted by Crippen LogP contribution is -2.13. The van der Waals surface area contributed by atoms with E-state index in [0.29, 0.717) is 12.2 Å². The normalized spacial score (nSPS) is 10.4. The van der Waals surface area contributed by atoms with Gasteiger partial charge in [-0.2, -0.15) is 0 Å². The zero-order chi connectivity index (χ0) is 11.3. The minimum atomic E-state index is -0.156. The van der Waals surface area contributed by atoms with Gasteiger partial charge in [-0.25, -0.2) is 0 Å². The van der Waals surface area contributed by atoms with Gasteiger partial charge in [-0.15, -0.1) is 0 Å². The van der Waals surface area contributed by atoms with E-state index in [9.17, 15) is 4.79 Å². The van der Waals surface area contributed by atoms with Crippen LogP contribution in [0, 0.1) is 5.41 Å². The van der Waals surface area contributed by atoms with Gasteiger partial charge in [0.2, 0.25) is 0 Å². The lowest BCUT2D eigenvalue weighted by molar-refractivity contribution is -0.134. The summed E-state index contributed by atoms with van der Waals surface area (Å²) in [6.45, 7) is 6.34. The Morgan fingerprint density at radius 2 is 1.75 bits per heavy atom. The third kappa shape index (κ3) is 6.19. The molecule has 0 amide bonds. The van der Waals surface area contributed by atoms with E-state index in [2.05, 4.69) is 20.8 Å². The first-order chi connectivity index (χ1) is 6.97. The summed E-state index contributed by atoms with van der Waals surface area (Å²) in [6, 6.07) is 9.18. The van der Waals surface area contributed by atoms with E-state index in [1.165, 1.54) is 0 Å². The van der Waals surface area contributed by atoms with Crippen LogP contribution in [0.25, 0.3) is 0 Å². The highest BCUT2D eigenvalue weighted by molar-refractivity contribution is 5.72. The van der Waals surface area contributed by atoms with Gasteiger partial charge in [0.1, 0.15) is 5.75 Å². The minimum Gasteiger partial charge on any atom is -0.427 e. The molecule has 0 aliphatic rings. The van der Waals surface area contributed by atoms with Gasteiger partial charge in [-0.3, -0.25) is 4.79 Å². The third-order valence-electron chi connectivity index (χ3n) is 2.05. The van der Waals surface area contributed by atoms with Gasteiger partial charge in [0, 0.05) is 6.42 Å². The van der Waals surface area contributed by atoms with Crippen LogP contribution in [0.1, 0.15) is 33.6 Å². The molecule has 0 bridgehead atoms. The Morgan fingerprint density at radius 1 is 1.19 bits per heavy atom. The molecule has 0 radical (unpaired) electrons. The van der Waals surface area contributed by atoms with Crippen LogP contribution < -0.4 is 10.9 Å². The summed E-state index contributed by atoms with van der Waals surface area (Å²) in [5, 5.41) is 0. The van der Waals surface area contributed by atoms with Crippen LogP contribution >= 0.6 is 0 Å². The van der Waals surface area contributed by atoms with Gasteiger partial charge in [0.25, 0.3) is 0 Å². The molecule has 0 heterocycles. The highest BCUT2D eigenvalue weighted by Crippen LogP contribution is 2.21. The van der Waals surface area contributed by atoms with Crippen molar-refractivity contribution in [2.45, 2.75) is 33.6 Å². The maximum Gasteiger partial charge on any atom is 0.311 e. The predicted molar refractivity (Wildman–Crippen MR) is 65.8 cm³/mol. The van der Waals surface area contributed by atoms with Crippen molar-refractivity contribution in [1.29, 1.82) is 0 Å². The second-order valence-corrected chi connectivity index (χ2v) is 4.85. The monoisotopic (exact) mass is 223 g/mol. The Hall–Kier alpha value is -1.35. The van der Waals surface area contributed by atoms with Crippen LogP contribution in [0.4, 0.5) is 0 Å². The summed E-state index contributed by atoms with van der Waals surface area (Å²) in [6.07, 6.45) is 1.32. The molecule has 16 heavy (non-hydrogen) atoms. The maximum absolute atomic E-state index is 11.4. The average molecular weight is 223 g/mol. The number of esters is 1. The van der Waals surface area contributed by atoms with Crippen LogP contribution in [-0.2, 0) is 4.79 Å². The molecule has 0 aliphatic heterocycles. The van der Waals surface area contributed by atoms with E-state index in [1.807, 2.05) is 18.2 Å². The number of carbonyl (C=O) groups is 1.